The van der Waals surface area contributed by atoms with Gasteiger partial charge in [-0.15, -0.1) is 0 Å². The summed E-state index contributed by atoms with van der Waals surface area (Å²) < 4.78 is 7.04. The number of aromatic nitrogens is 2. The molecule has 1 heterocycles. The second kappa shape index (κ2) is 5.64. The van der Waals surface area contributed by atoms with Crippen LogP contribution in [0.15, 0.2) is 30.5 Å². The lowest BCUT2D eigenvalue weighted by molar-refractivity contribution is 0.102. The molecule has 0 fully saturated rings. The zero-order valence-corrected chi connectivity index (χ0v) is 11.8. The molecule has 0 saturated heterocycles. The van der Waals surface area contributed by atoms with Crippen molar-refractivity contribution in [3.05, 3.63) is 36.2 Å². The van der Waals surface area contributed by atoms with E-state index in [9.17, 15) is 4.79 Å². The molecule has 1 aromatic carbocycles. The second-order valence-corrected chi connectivity index (χ2v) is 4.75. The van der Waals surface area contributed by atoms with Crippen LogP contribution in [-0.4, -0.2) is 21.8 Å². The number of nitrogens with one attached hydrogen (secondary N) is 1. The van der Waals surface area contributed by atoms with Crippen molar-refractivity contribution in [3.63, 3.8) is 0 Å². The average molecular weight is 274 g/mol. The predicted octanol–water partition coefficient (Wildman–Crippen LogP) is 2.04. The molecule has 0 aliphatic rings. The number of carbonyl (C=O) groups excluding carboxylic acids is 1. The minimum Gasteiger partial charge on any atom is -0.491 e. The average Bonchev–Trinajstić information content (AvgIpc) is 2.70. The summed E-state index contributed by atoms with van der Waals surface area (Å²) in [6, 6.07) is 7.15. The minimum absolute atomic E-state index is 0.115. The highest BCUT2D eigenvalue weighted by atomic mass is 16.5. The molecule has 6 nitrogen and oxygen atoms in total. The third kappa shape index (κ3) is 3.28. The SMILES string of the molecule is CC(C)Oc1ccc(NC(=O)c2nn(C)cc2N)cc1. The highest BCUT2D eigenvalue weighted by Gasteiger charge is 2.14. The summed E-state index contributed by atoms with van der Waals surface area (Å²) in [6.07, 6.45) is 1.71. The van der Waals surface area contributed by atoms with Gasteiger partial charge in [0.15, 0.2) is 5.69 Å². The zero-order chi connectivity index (χ0) is 14.7. The van der Waals surface area contributed by atoms with Gasteiger partial charge in [0.1, 0.15) is 5.75 Å². The summed E-state index contributed by atoms with van der Waals surface area (Å²) in [5.41, 5.74) is 6.94. The molecule has 2 rings (SSSR count). The maximum atomic E-state index is 12.0. The number of hydrogen-bond acceptors (Lipinski definition) is 4. The van der Waals surface area contributed by atoms with E-state index in [1.165, 1.54) is 4.68 Å². The van der Waals surface area contributed by atoms with Crippen molar-refractivity contribution in [1.29, 1.82) is 0 Å². The molecule has 1 amide bonds. The van der Waals surface area contributed by atoms with E-state index in [1.54, 1.807) is 37.5 Å². The fraction of sp³-hybridized carbons (Fsp3) is 0.286. The Hall–Kier alpha value is -2.50. The molecule has 0 atom stereocenters. The Morgan fingerprint density at radius 2 is 2.00 bits per heavy atom. The monoisotopic (exact) mass is 274 g/mol. The van der Waals surface area contributed by atoms with Gasteiger partial charge >= 0.3 is 0 Å². The molecule has 3 N–H and O–H groups in total. The quantitative estimate of drug-likeness (QED) is 0.893. The Morgan fingerprint density at radius 1 is 1.35 bits per heavy atom. The number of nitrogen functional groups attached to an aromatic ring is 1. The molecule has 2 aromatic rings. The largest absolute Gasteiger partial charge is 0.491 e. The molecule has 106 valence electrons. The molecular formula is C14H18N4O2. The normalized spacial score (nSPS) is 10.6. The van der Waals surface area contributed by atoms with Crippen LogP contribution < -0.4 is 15.8 Å². The highest BCUT2D eigenvalue weighted by molar-refractivity contribution is 6.06. The molecule has 0 saturated carbocycles. The van der Waals surface area contributed by atoms with E-state index in [4.69, 9.17) is 10.5 Å². The fourth-order valence-corrected chi connectivity index (χ4v) is 1.76. The van der Waals surface area contributed by atoms with Crippen LogP contribution in [0.2, 0.25) is 0 Å². The van der Waals surface area contributed by atoms with E-state index in [1.807, 2.05) is 13.8 Å². The predicted molar refractivity (Wildman–Crippen MR) is 77.8 cm³/mol. The number of rotatable bonds is 4. The fourth-order valence-electron chi connectivity index (χ4n) is 1.76. The number of carbonyl (C=O) groups is 1. The summed E-state index contributed by atoms with van der Waals surface area (Å²) in [5.74, 6) is 0.427. The first-order valence-corrected chi connectivity index (χ1v) is 6.33. The van der Waals surface area contributed by atoms with Crippen LogP contribution in [0, 0.1) is 0 Å². The number of benzene rings is 1. The van der Waals surface area contributed by atoms with Crippen LogP contribution in [0.1, 0.15) is 24.3 Å². The van der Waals surface area contributed by atoms with Gasteiger partial charge < -0.3 is 15.8 Å². The molecule has 20 heavy (non-hydrogen) atoms. The van der Waals surface area contributed by atoms with Crippen molar-refractivity contribution < 1.29 is 9.53 Å². The Kier molecular flexibility index (Phi) is 3.93. The van der Waals surface area contributed by atoms with Crippen LogP contribution >= 0.6 is 0 Å². The van der Waals surface area contributed by atoms with Crippen LogP contribution in [0.5, 0.6) is 5.75 Å². The summed E-state index contributed by atoms with van der Waals surface area (Å²) >= 11 is 0. The standard InChI is InChI=1S/C14H18N4O2/c1-9(2)20-11-6-4-10(5-7-11)16-14(19)13-12(15)8-18(3)17-13/h4-9H,15H2,1-3H3,(H,16,19). The molecule has 0 bridgehead atoms. The number of anilines is 2. The Balaban J connectivity index is 2.06. The van der Waals surface area contributed by atoms with Gasteiger partial charge in [-0.1, -0.05) is 0 Å². The van der Waals surface area contributed by atoms with Gasteiger partial charge in [0.2, 0.25) is 0 Å². The summed E-state index contributed by atoms with van der Waals surface area (Å²) in [7, 11) is 1.71. The number of nitrogens with zero attached hydrogens (tertiary/aromatic N) is 2. The van der Waals surface area contributed by atoms with Gasteiger partial charge in [-0.05, 0) is 38.1 Å². The Bertz CT molecular complexity index is 602. The van der Waals surface area contributed by atoms with Gasteiger partial charge in [-0.3, -0.25) is 9.48 Å². The molecule has 1 aromatic heterocycles. The molecule has 0 radical (unpaired) electrons. The number of hydrogen-bond donors (Lipinski definition) is 2. The Morgan fingerprint density at radius 3 is 2.50 bits per heavy atom. The van der Waals surface area contributed by atoms with Crippen molar-refractivity contribution in [1.82, 2.24) is 9.78 Å². The van der Waals surface area contributed by atoms with E-state index in [2.05, 4.69) is 10.4 Å². The van der Waals surface area contributed by atoms with Gasteiger partial charge in [0.05, 0.1) is 11.8 Å². The highest BCUT2D eigenvalue weighted by Crippen LogP contribution is 2.18. The molecular weight excluding hydrogens is 256 g/mol. The lowest BCUT2D eigenvalue weighted by Crippen LogP contribution is -2.14. The lowest BCUT2D eigenvalue weighted by atomic mass is 10.2. The van der Waals surface area contributed by atoms with E-state index in [0.29, 0.717) is 11.4 Å². The first-order chi connectivity index (χ1) is 9.45. The van der Waals surface area contributed by atoms with Crippen LogP contribution in [0.3, 0.4) is 0 Å². The molecule has 0 spiro atoms. The van der Waals surface area contributed by atoms with Crippen molar-refractivity contribution in [2.45, 2.75) is 20.0 Å². The van der Waals surface area contributed by atoms with Crippen molar-refractivity contribution in [3.8, 4) is 5.75 Å². The van der Waals surface area contributed by atoms with E-state index in [-0.39, 0.29) is 17.7 Å². The number of nitrogens with two attached hydrogens (primary N) is 1. The molecule has 6 heteroatoms. The maximum Gasteiger partial charge on any atom is 0.278 e. The van der Waals surface area contributed by atoms with Gasteiger partial charge in [-0.2, -0.15) is 5.10 Å². The van der Waals surface area contributed by atoms with E-state index >= 15 is 0 Å². The van der Waals surface area contributed by atoms with Gasteiger partial charge in [-0.25, -0.2) is 0 Å². The smallest absolute Gasteiger partial charge is 0.278 e. The molecule has 0 unspecified atom stereocenters. The first kappa shape index (κ1) is 13.9. The van der Waals surface area contributed by atoms with Crippen molar-refractivity contribution >= 4 is 17.3 Å². The summed E-state index contributed by atoms with van der Waals surface area (Å²) in [5, 5.41) is 6.76. The van der Waals surface area contributed by atoms with Crippen LogP contribution in [0.4, 0.5) is 11.4 Å². The molecule has 0 aliphatic heterocycles. The number of amides is 1. The lowest BCUT2D eigenvalue weighted by Gasteiger charge is -2.10. The summed E-state index contributed by atoms with van der Waals surface area (Å²) in [4.78, 5) is 12.0. The molecule has 0 aliphatic carbocycles. The third-order valence-corrected chi connectivity index (χ3v) is 2.56. The van der Waals surface area contributed by atoms with E-state index < -0.39 is 0 Å². The van der Waals surface area contributed by atoms with Crippen LogP contribution in [-0.2, 0) is 7.05 Å². The van der Waals surface area contributed by atoms with Crippen molar-refractivity contribution in [2.24, 2.45) is 7.05 Å². The van der Waals surface area contributed by atoms with Gasteiger partial charge in [0.25, 0.3) is 5.91 Å². The topological polar surface area (TPSA) is 82.2 Å². The zero-order valence-electron chi connectivity index (χ0n) is 11.8. The number of ether oxygens (including phenoxy) is 1. The maximum absolute atomic E-state index is 12.0. The van der Waals surface area contributed by atoms with Gasteiger partial charge in [0, 0.05) is 18.9 Å². The third-order valence-electron chi connectivity index (χ3n) is 2.56. The minimum atomic E-state index is -0.333. The summed E-state index contributed by atoms with van der Waals surface area (Å²) in [6.45, 7) is 3.92. The number of aryl methyl sites for hydroxylation is 1. The Labute approximate surface area is 117 Å². The first-order valence-electron chi connectivity index (χ1n) is 6.33. The van der Waals surface area contributed by atoms with Crippen LogP contribution in [0.25, 0.3) is 0 Å². The second-order valence-electron chi connectivity index (χ2n) is 4.75. The van der Waals surface area contributed by atoms with E-state index in [0.717, 1.165) is 5.75 Å². The van der Waals surface area contributed by atoms with Crippen molar-refractivity contribution in [2.75, 3.05) is 11.1 Å².